The number of hydrogen-bond donors (Lipinski definition) is 0. The van der Waals surface area contributed by atoms with E-state index in [0.717, 1.165) is 23.1 Å². The van der Waals surface area contributed by atoms with Crippen LogP contribution >= 0.6 is 0 Å². The Morgan fingerprint density at radius 3 is 2.53 bits per heavy atom. The maximum atomic E-state index is 11.3. The van der Waals surface area contributed by atoms with Gasteiger partial charge in [-0.2, -0.15) is 0 Å². The average molecular weight is 225 g/mol. The fraction of sp³-hybridized carbons (Fsp3) is 0.200. The molecule has 0 fully saturated rings. The van der Waals surface area contributed by atoms with E-state index in [1.165, 1.54) is 5.56 Å². The minimum Gasteiger partial charge on any atom is -0.302 e. The molecule has 0 N–H and O–H groups in total. The maximum Gasteiger partial charge on any atom is 0.131 e. The molecule has 0 saturated carbocycles. The SMILES string of the molecule is Cc1cccc(C(C=O)c2ccnc(C)c2)c1. The van der Waals surface area contributed by atoms with E-state index < -0.39 is 0 Å². The Bertz CT molecular complexity index is 488. The van der Waals surface area contributed by atoms with Crippen LogP contribution < -0.4 is 0 Å². The van der Waals surface area contributed by atoms with Gasteiger partial charge in [0.15, 0.2) is 0 Å². The minimum absolute atomic E-state index is 0.198. The molecule has 0 radical (unpaired) electrons. The molecule has 0 bridgehead atoms. The number of pyridine rings is 1. The number of hydrogen-bond acceptors (Lipinski definition) is 2. The molecule has 0 saturated heterocycles. The highest BCUT2D eigenvalue weighted by Gasteiger charge is 2.13. The molecule has 2 heteroatoms. The standard InChI is InChI=1S/C15H15NO/c1-11-4-3-5-13(8-11)15(10-17)14-6-7-16-12(2)9-14/h3-10,15H,1-2H3. The van der Waals surface area contributed by atoms with E-state index in [4.69, 9.17) is 0 Å². The van der Waals surface area contributed by atoms with E-state index in [-0.39, 0.29) is 5.92 Å². The van der Waals surface area contributed by atoms with Crippen molar-refractivity contribution < 1.29 is 4.79 Å². The molecule has 0 aliphatic rings. The fourth-order valence-corrected chi connectivity index (χ4v) is 1.97. The molecule has 1 aromatic heterocycles. The monoisotopic (exact) mass is 225 g/mol. The van der Waals surface area contributed by atoms with Crippen LogP contribution in [0.1, 0.15) is 28.3 Å². The number of aromatic nitrogens is 1. The quantitative estimate of drug-likeness (QED) is 0.751. The second-order valence-corrected chi connectivity index (χ2v) is 4.26. The van der Waals surface area contributed by atoms with E-state index >= 15 is 0 Å². The van der Waals surface area contributed by atoms with Crippen molar-refractivity contribution in [2.45, 2.75) is 19.8 Å². The molecule has 1 aromatic carbocycles. The molecule has 17 heavy (non-hydrogen) atoms. The molecule has 0 aliphatic carbocycles. The van der Waals surface area contributed by atoms with Crippen molar-refractivity contribution in [3.05, 3.63) is 65.0 Å². The zero-order chi connectivity index (χ0) is 12.3. The lowest BCUT2D eigenvalue weighted by molar-refractivity contribution is -0.108. The second kappa shape index (κ2) is 4.91. The van der Waals surface area contributed by atoms with Crippen molar-refractivity contribution in [3.8, 4) is 0 Å². The highest BCUT2D eigenvalue weighted by Crippen LogP contribution is 2.23. The average Bonchev–Trinajstić information content (AvgIpc) is 2.30. The molecule has 2 aromatic rings. The zero-order valence-electron chi connectivity index (χ0n) is 10.1. The predicted octanol–water partition coefficient (Wildman–Crippen LogP) is 3.03. The van der Waals surface area contributed by atoms with Crippen LogP contribution in [-0.4, -0.2) is 11.3 Å². The third-order valence-corrected chi connectivity index (χ3v) is 2.82. The van der Waals surface area contributed by atoms with Crippen molar-refractivity contribution in [1.82, 2.24) is 4.98 Å². The molecule has 2 rings (SSSR count). The van der Waals surface area contributed by atoms with Crippen LogP contribution in [0.25, 0.3) is 0 Å². The summed E-state index contributed by atoms with van der Waals surface area (Å²) in [6, 6.07) is 11.9. The van der Waals surface area contributed by atoms with E-state index in [1.54, 1.807) is 6.20 Å². The summed E-state index contributed by atoms with van der Waals surface area (Å²) in [5, 5.41) is 0. The Morgan fingerprint density at radius 1 is 1.12 bits per heavy atom. The van der Waals surface area contributed by atoms with Gasteiger partial charge in [0.05, 0.1) is 5.92 Å². The van der Waals surface area contributed by atoms with Gasteiger partial charge in [-0.15, -0.1) is 0 Å². The number of aryl methyl sites for hydroxylation is 2. The van der Waals surface area contributed by atoms with Crippen LogP contribution in [0.3, 0.4) is 0 Å². The van der Waals surface area contributed by atoms with Gasteiger partial charge in [0.1, 0.15) is 6.29 Å². The van der Waals surface area contributed by atoms with Crippen molar-refractivity contribution in [1.29, 1.82) is 0 Å². The van der Waals surface area contributed by atoms with Gasteiger partial charge in [-0.25, -0.2) is 0 Å². The molecule has 86 valence electrons. The third kappa shape index (κ3) is 2.59. The fourth-order valence-electron chi connectivity index (χ4n) is 1.97. The second-order valence-electron chi connectivity index (χ2n) is 4.26. The van der Waals surface area contributed by atoms with Crippen molar-refractivity contribution in [2.24, 2.45) is 0 Å². The van der Waals surface area contributed by atoms with E-state index in [1.807, 2.05) is 44.2 Å². The highest BCUT2D eigenvalue weighted by molar-refractivity contribution is 5.68. The van der Waals surface area contributed by atoms with Crippen LogP contribution in [0, 0.1) is 13.8 Å². The Hall–Kier alpha value is -1.96. The lowest BCUT2D eigenvalue weighted by Gasteiger charge is -2.12. The van der Waals surface area contributed by atoms with Crippen molar-refractivity contribution in [3.63, 3.8) is 0 Å². The molecular weight excluding hydrogens is 210 g/mol. The number of benzene rings is 1. The zero-order valence-corrected chi connectivity index (χ0v) is 10.1. The molecule has 0 spiro atoms. The third-order valence-electron chi connectivity index (χ3n) is 2.82. The van der Waals surface area contributed by atoms with Gasteiger partial charge >= 0.3 is 0 Å². The van der Waals surface area contributed by atoms with Crippen LogP contribution in [0.4, 0.5) is 0 Å². The number of aldehydes is 1. The number of carbonyl (C=O) groups excluding carboxylic acids is 1. The van der Waals surface area contributed by atoms with Gasteiger partial charge in [-0.05, 0) is 37.1 Å². The molecule has 1 heterocycles. The first kappa shape index (κ1) is 11.5. The van der Waals surface area contributed by atoms with Gasteiger partial charge in [-0.3, -0.25) is 4.98 Å². The van der Waals surface area contributed by atoms with Gasteiger partial charge in [0.25, 0.3) is 0 Å². The van der Waals surface area contributed by atoms with Crippen molar-refractivity contribution in [2.75, 3.05) is 0 Å². The summed E-state index contributed by atoms with van der Waals surface area (Å²) in [6.45, 7) is 3.96. The number of rotatable bonds is 3. The Morgan fingerprint density at radius 2 is 1.88 bits per heavy atom. The van der Waals surface area contributed by atoms with Crippen molar-refractivity contribution >= 4 is 6.29 Å². The van der Waals surface area contributed by atoms with E-state index in [0.29, 0.717) is 0 Å². The Labute approximate surface area is 101 Å². The summed E-state index contributed by atoms with van der Waals surface area (Å²) in [6.07, 6.45) is 2.74. The molecular formula is C15H15NO. The van der Waals surface area contributed by atoms with Crippen LogP contribution in [0.15, 0.2) is 42.6 Å². The summed E-state index contributed by atoms with van der Waals surface area (Å²) in [4.78, 5) is 15.5. The minimum atomic E-state index is -0.198. The summed E-state index contributed by atoms with van der Waals surface area (Å²) in [5.74, 6) is -0.198. The van der Waals surface area contributed by atoms with Gasteiger partial charge in [0.2, 0.25) is 0 Å². The first-order valence-electron chi connectivity index (χ1n) is 5.65. The predicted molar refractivity (Wildman–Crippen MR) is 68.1 cm³/mol. The summed E-state index contributed by atoms with van der Waals surface area (Å²) in [5.41, 5.74) is 4.13. The molecule has 0 aliphatic heterocycles. The first-order valence-corrected chi connectivity index (χ1v) is 5.65. The molecule has 2 nitrogen and oxygen atoms in total. The number of nitrogens with zero attached hydrogens (tertiary/aromatic N) is 1. The number of carbonyl (C=O) groups is 1. The summed E-state index contributed by atoms with van der Waals surface area (Å²) < 4.78 is 0. The summed E-state index contributed by atoms with van der Waals surface area (Å²) >= 11 is 0. The Balaban J connectivity index is 2.43. The van der Waals surface area contributed by atoms with Gasteiger partial charge < -0.3 is 4.79 Å². The van der Waals surface area contributed by atoms with Crippen LogP contribution in [0.5, 0.6) is 0 Å². The topological polar surface area (TPSA) is 30.0 Å². The van der Waals surface area contributed by atoms with E-state index in [2.05, 4.69) is 11.1 Å². The van der Waals surface area contributed by atoms with Crippen LogP contribution in [-0.2, 0) is 4.79 Å². The van der Waals surface area contributed by atoms with Crippen LogP contribution in [0.2, 0.25) is 0 Å². The lowest BCUT2D eigenvalue weighted by Crippen LogP contribution is -2.03. The highest BCUT2D eigenvalue weighted by atomic mass is 16.1. The first-order chi connectivity index (χ1) is 8.20. The maximum absolute atomic E-state index is 11.3. The largest absolute Gasteiger partial charge is 0.302 e. The normalized spacial score (nSPS) is 12.1. The van der Waals surface area contributed by atoms with E-state index in [9.17, 15) is 4.79 Å². The lowest BCUT2D eigenvalue weighted by atomic mass is 9.92. The summed E-state index contributed by atoms with van der Waals surface area (Å²) in [7, 11) is 0. The Kier molecular flexibility index (Phi) is 3.33. The smallest absolute Gasteiger partial charge is 0.131 e. The van der Waals surface area contributed by atoms with Gasteiger partial charge in [0, 0.05) is 11.9 Å². The molecule has 1 atom stereocenters. The molecule has 0 amide bonds. The molecule has 1 unspecified atom stereocenters. The van der Waals surface area contributed by atoms with Gasteiger partial charge in [-0.1, -0.05) is 29.8 Å².